The molecule has 2 unspecified atom stereocenters. The van der Waals surface area contributed by atoms with Crippen LogP contribution in [0, 0.1) is 0 Å². The molecule has 4 heteroatoms. The molecule has 4 nitrogen and oxygen atoms in total. The van der Waals surface area contributed by atoms with Crippen LogP contribution in [-0.4, -0.2) is 29.4 Å². The van der Waals surface area contributed by atoms with Crippen LogP contribution in [-0.2, 0) is 4.74 Å². The van der Waals surface area contributed by atoms with E-state index in [0.717, 1.165) is 25.7 Å². The van der Waals surface area contributed by atoms with Crippen LogP contribution in [0.25, 0.3) is 0 Å². The van der Waals surface area contributed by atoms with E-state index >= 15 is 0 Å². The van der Waals surface area contributed by atoms with Crippen molar-refractivity contribution in [1.29, 1.82) is 0 Å². The molecule has 1 aliphatic carbocycles. The Balaban J connectivity index is 2.15. The molecule has 68 valence electrons. The minimum atomic E-state index is -0.564. The first-order chi connectivity index (χ1) is 5.74. The van der Waals surface area contributed by atoms with Crippen LogP contribution >= 0.6 is 0 Å². The zero-order chi connectivity index (χ0) is 8.60. The van der Waals surface area contributed by atoms with E-state index in [2.05, 4.69) is 5.32 Å². The van der Waals surface area contributed by atoms with Gasteiger partial charge >= 0.3 is 6.09 Å². The molecule has 1 aliphatic heterocycles. The van der Waals surface area contributed by atoms with Crippen LogP contribution in [0.5, 0.6) is 0 Å². The molecule has 2 rings (SSSR count). The van der Waals surface area contributed by atoms with E-state index in [1.54, 1.807) is 0 Å². The molecule has 0 aromatic heterocycles. The van der Waals surface area contributed by atoms with Crippen LogP contribution in [0.2, 0.25) is 0 Å². The van der Waals surface area contributed by atoms with Gasteiger partial charge in [-0.15, -0.1) is 0 Å². The summed E-state index contributed by atoms with van der Waals surface area (Å²) in [5.74, 6) is 0. The van der Waals surface area contributed by atoms with Gasteiger partial charge in [-0.3, -0.25) is 0 Å². The van der Waals surface area contributed by atoms with Crippen molar-refractivity contribution in [3.05, 3.63) is 0 Å². The fraction of sp³-hybridized carbons (Fsp3) is 0.875. The summed E-state index contributed by atoms with van der Waals surface area (Å²) >= 11 is 0. The molecule has 2 N–H and O–H groups in total. The predicted molar refractivity (Wildman–Crippen MR) is 41.7 cm³/mol. The summed E-state index contributed by atoms with van der Waals surface area (Å²) < 4.78 is 5.09. The van der Waals surface area contributed by atoms with Gasteiger partial charge in [0.05, 0.1) is 6.61 Å². The number of fused-ring (bicyclic) bond motifs is 2. The summed E-state index contributed by atoms with van der Waals surface area (Å²) in [7, 11) is 0. The lowest BCUT2D eigenvalue weighted by Gasteiger charge is -2.43. The normalized spacial score (nSPS) is 40.1. The molecule has 2 atom stereocenters. The van der Waals surface area contributed by atoms with Crippen molar-refractivity contribution in [2.75, 3.05) is 6.61 Å². The van der Waals surface area contributed by atoms with E-state index in [1.165, 1.54) is 0 Å². The summed E-state index contributed by atoms with van der Waals surface area (Å²) in [5, 5.41) is 11.8. The van der Waals surface area contributed by atoms with Gasteiger partial charge < -0.3 is 15.2 Å². The molecule has 1 saturated carbocycles. The van der Waals surface area contributed by atoms with Gasteiger partial charge in [-0.25, -0.2) is 4.79 Å². The molecule has 2 fully saturated rings. The first-order valence-corrected chi connectivity index (χ1v) is 4.34. The maximum absolute atomic E-state index is 11.0. The molecule has 1 heterocycles. The number of rotatable bonds is 1. The average molecular weight is 171 g/mol. The van der Waals surface area contributed by atoms with E-state index in [4.69, 9.17) is 9.84 Å². The van der Waals surface area contributed by atoms with E-state index in [-0.39, 0.29) is 18.7 Å². The molecule has 12 heavy (non-hydrogen) atoms. The smallest absolute Gasteiger partial charge is 0.407 e. The van der Waals surface area contributed by atoms with E-state index in [1.807, 2.05) is 0 Å². The van der Waals surface area contributed by atoms with Crippen LogP contribution in [0.1, 0.15) is 25.7 Å². The van der Waals surface area contributed by atoms with E-state index < -0.39 is 5.60 Å². The molecule has 0 aromatic rings. The van der Waals surface area contributed by atoms with Gasteiger partial charge in [-0.05, 0) is 19.3 Å². The highest BCUT2D eigenvalue weighted by atomic mass is 16.6. The van der Waals surface area contributed by atoms with Crippen LogP contribution < -0.4 is 5.32 Å². The van der Waals surface area contributed by atoms with Crippen LogP contribution in [0.4, 0.5) is 4.79 Å². The van der Waals surface area contributed by atoms with Crippen LogP contribution in [0.3, 0.4) is 0 Å². The molecule has 2 aliphatic rings. The van der Waals surface area contributed by atoms with Gasteiger partial charge in [0, 0.05) is 12.5 Å². The fourth-order valence-electron chi connectivity index (χ4n) is 2.11. The number of ether oxygens (including phenoxy) is 1. The summed E-state index contributed by atoms with van der Waals surface area (Å²) in [6.07, 6.45) is 3.21. The Morgan fingerprint density at radius 1 is 1.75 bits per heavy atom. The summed E-state index contributed by atoms with van der Waals surface area (Å²) in [4.78, 5) is 11.0. The Kier molecular flexibility index (Phi) is 1.72. The second-order valence-corrected chi connectivity index (χ2v) is 3.67. The second kappa shape index (κ2) is 2.62. The number of aliphatic hydroxyl groups is 1. The molecule has 0 spiro atoms. The van der Waals surface area contributed by atoms with Crippen LogP contribution in [0.15, 0.2) is 0 Å². The Hall–Kier alpha value is -0.770. The Bertz CT molecular complexity index is 206. The number of carbonyl (C=O) groups is 1. The fourth-order valence-corrected chi connectivity index (χ4v) is 2.11. The SMILES string of the molecule is O=C1NC2CCCC(CO)(C2)O1. The Morgan fingerprint density at radius 2 is 2.58 bits per heavy atom. The Labute approximate surface area is 70.9 Å². The highest BCUT2D eigenvalue weighted by Gasteiger charge is 2.43. The van der Waals surface area contributed by atoms with Gasteiger partial charge in [0.15, 0.2) is 0 Å². The van der Waals surface area contributed by atoms with Gasteiger partial charge in [0.2, 0.25) is 0 Å². The van der Waals surface area contributed by atoms with Gasteiger partial charge in [0.25, 0.3) is 0 Å². The van der Waals surface area contributed by atoms with Crippen molar-refractivity contribution in [2.24, 2.45) is 0 Å². The quantitative estimate of drug-likeness (QED) is 0.600. The number of nitrogens with one attached hydrogen (secondary N) is 1. The minimum absolute atomic E-state index is 0.0447. The maximum atomic E-state index is 11.0. The lowest BCUT2D eigenvalue weighted by atomic mass is 9.81. The van der Waals surface area contributed by atoms with Crippen molar-refractivity contribution in [1.82, 2.24) is 5.32 Å². The third kappa shape index (κ3) is 1.16. The highest BCUT2D eigenvalue weighted by molar-refractivity contribution is 5.69. The second-order valence-electron chi connectivity index (χ2n) is 3.67. The molecule has 1 amide bonds. The molecular weight excluding hydrogens is 158 g/mol. The van der Waals surface area contributed by atoms with Gasteiger partial charge in [-0.2, -0.15) is 0 Å². The first kappa shape index (κ1) is 7.86. The number of carbonyl (C=O) groups excluding carboxylic acids is 1. The summed E-state index contributed by atoms with van der Waals surface area (Å²) in [6.45, 7) is -0.0447. The Morgan fingerprint density at radius 3 is 3.33 bits per heavy atom. The topological polar surface area (TPSA) is 58.6 Å². The van der Waals surface area contributed by atoms with Crippen molar-refractivity contribution < 1.29 is 14.6 Å². The predicted octanol–water partition coefficient (Wildman–Crippen LogP) is 0.400. The number of hydrogen-bond donors (Lipinski definition) is 2. The number of amides is 1. The molecule has 2 bridgehead atoms. The maximum Gasteiger partial charge on any atom is 0.407 e. The van der Waals surface area contributed by atoms with Crippen molar-refractivity contribution >= 4 is 6.09 Å². The number of hydrogen-bond acceptors (Lipinski definition) is 3. The molecule has 0 radical (unpaired) electrons. The lowest BCUT2D eigenvalue weighted by molar-refractivity contribution is -0.0816. The third-order valence-electron chi connectivity index (χ3n) is 2.72. The van der Waals surface area contributed by atoms with Crippen molar-refractivity contribution in [3.63, 3.8) is 0 Å². The number of alkyl carbamates (subject to hydrolysis) is 1. The van der Waals surface area contributed by atoms with Gasteiger partial charge in [0.1, 0.15) is 5.60 Å². The minimum Gasteiger partial charge on any atom is -0.440 e. The van der Waals surface area contributed by atoms with Crippen molar-refractivity contribution in [2.45, 2.75) is 37.3 Å². The largest absolute Gasteiger partial charge is 0.440 e. The third-order valence-corrected chi connectivity index (χ3v) is 2.72. The standard InChI is InChI=1S/C8H13NO3/c10-5-8-3-1-2-6(4-8)9-7(11)12-8/h6,10H,1-5H2,(H,9,11). The van der Waals surface area contributed by atoms with E-state index in [0.29, 0.717) is 0 Å². The van der Waals surface area contributed by atoms with Gasteiger partial charge in [-0.1, -0.05) is 0 Å². The summed E-state index contributed by atoms with van der Waals surface area (Å²) in [5.41, 5.74) is -0.564. The lowest BCUT2D eigenvalue weighted by Crippen LogP contribution is -2.56. The first-order valence-electron chi connectivity index (χ1n) is 4.34. The zero-order valence-electron chi connectivity index (χ0n) is 6.88. The summed E-state index contributed by atoms with van der Waals surface area (Å²) in [6, 6.07) is 0.215. The zero-order valence-corrected chi connectivity index (χ0v) is 6.88. The average Bonchev–Trinajstić information content (AvgIpc) is 2.03. The highest BCUT2D eigenvalue weighted by Crippen LogP contribution is 2.34. The monoisotopic (exact) mass is 171 g/mol. The molecule has 1 saturated heterocycles. The van der Waals surface area contributed by atoms with Crippen molar-refractivity contribution in [3.8, 4) is 0 Å². The molecular formula is C8H13NO3. The molecule has 0 aromatic carbocycles. The number of aliphatic hydroxyl groups excluding tert-OH is 1. The van der Waals surface area contributed by atoms with E-state index in [9.17, 15) is 4.79 Å².